The Morgan fingerprint density at radius 3 is 2.88 bits per heavy atom. The van der Waals surface area contributed by atoms with E-state index in [1.807, 2.05) is 18.2 Å². The van der Waals surface area contributed by atoms with E-state index >= 15 is 0 Å². The molecule has 1 aromatic rings. The van der Waals surface area contributed by atoms with Crippen LogP contribution in [0.25, 0.3) is 0 Å². The maximum absolute atomic E-state index is 13.5. The van der Waals surface area contributed by atoms with Gasteiger partial charge in [-0.25, -0.2) is 4.39 Å². The fourth-order valence-electron chi connectivity index (χ4n) is 2.35. The number of piperidine rings is 1. The van der Waals surface area contributed by atoms with Crippen molar-refractivity contribution in [2.45, 2.75) is 18.8 Å². The van der Waals surface area contributed by atoms with Crippen LogP contribution in [0.4, 0.5) is 4.39 Å². The van der Waals surface area contributed by atoms with Gasteiger partial charge in [0.05, 0.1) is 0 Å². The van der Waals surface area contributed by atoms with Gasteiger partial charge in [-0.1, -0.05) is 24.3 Å². The Bertz CT molecular complexity index is 354. The van der Waals surface area contributed by atoms with E-state index in [9.17, 15) is 4.39 Å². The minimum Gasteiger partial charge on any atom is -0.300 e. The zero-order chi connectivity index (χ0) is 11.4. The zero-order valence-electron chi connectivity index (χ0n) is 9.45. The van der Waals surface area contributed by atoms with Crippen LogP contribution >= 0.6 is 0 Å². The Kier molecular flexibility index (Phi) is 3.73. The van der Waals surface area contributed by atoms with Gasteiger partial charge in [-0.3, -0.25) is 4.90 Å². The lowest BCUT2D eigenvalue weighted by atomic mass is 9.89. The first-order chi connectivity index (χ1) is 7.81. The summed E-state index contributed by atoms with van der Waals surface area (Å²) in [5.74, 6) is 0.184. The summed E-state index contributed by atoms with van der Waals surface area (Å²) in [6.45, 7) is 6.75. The minimum absolute atomic E-state index is 0.176. The Hall–Kier alpha value is -1.15. The quantitative estimate of drug-likeness (QED) is 0.705. The van der Waals surface area contributed by atoms with Crippen LogP contribution in [0.3, 0.4) is 0 Å². The summed E-state index contributed by atoms with van der Waals surface area (Å²) >= 11 is 0. The molecule has 1 radical (unpaired) electrons. The van der Waals surface area contributed by atoms with Crippen molar-refractivity contribution in [2.24, 2.45) is 0 Å². The van der Waals surface area contributed by atoms with E-state index in [4.69, 9.17) is 0 Å². The van der Waals surface area contributed by atoms with Gasteiger partial charge in [0.15, 0.2) is 0 Å². The van der Waals surface area contributed by atoms with Gasteiger partial charge < -0.3 is 0 Å². The van der Waals surface area contributed by atoms with Gasteiger partial charge >= 0.3 is 0 Å². The van der Waals surface area contributed by atoms with Crippen LogP contribution in [0, 0.1) is 11.9 Å². The smallest absolute Gasteiger partial charge is 0.134 e. The fourth-order valence-corrected chi connectivity index (χ4v) is 2.35. The van der Waals surface area contributed by atoms with Gasteiger partial charge in [-0.15, -0.1) is 6.58 Å². The highest BCUT2D eigenvalue weighted by Gasteiger charge is 2.21. The van der Waals surface area contributed by atoms with E-state index in [0.717, 1.165) is 38.0 Å². The van der Waals surface area contributed by atoms with Crippen LogP contribution < -0.4 is 0 Å². The second-order valence-corrected chi connectivity index (χ2v) is 4.30. The standard InChI is InChI=1S/C14H17FN/c1-2-9-16-10-7-12(8-11-16)13-5-3-4-6-14(13)15/h2-5,12H,1,7-11H2. The largest absolute Gasteiger partial charge is 0.300 e. The summed E-state index contributed by atoms with van der Waals surface area (Å²) in [7, 11) is 0. The molecule has 0 aromatic heterocycles. The maximum Gasteiger partial charge on any atom is 0.134 e. The predicted molar refractivity (Wildman–Crippen MR) is 63.8 cm³/mol. The average molecular weight is 218 g/mol. The SMILES string of the molecule is C=CCN1CCC(c2ccc[c]c2F)CC1. The predicted octanol–water partition coefficient (Wildman–Crippen LogP) is 2.99. The second-order valence-electron chi connectivity index (χ2n) is 4.30. The van der Waals surface area contributed by atoms with Gasteiger partial charge in [0.2, 0.25) is 0 Å². The number of benzene rings is 1. The third-order valence-electron chi connectivity index (χ3n) is 3.25. The van der Waals surface area contributed by atoms with Crippen molar-refractivity contribution >= 4 is 0 Å². The van der Waals surface area contributed by atoms with Crippen LogP contribution in [0.2, 0.25) is 0 Å². The van der Waals surface area contributed by atoms with E-state index in [2.05, 4.69) is 17.5 Å². The highest BCUT2D eigenvalue weighted by atomic mass is 19.1. The van der Waals surface area contributed by atoms with Crippen LogP contribution in [0.5, 0.6) is 0 Å². The summed E-state index contributed by atoms with van der Waals surface area (Å²) in [5.41, 5.74) is 0.834. The molecule has 1 aliphatic rings. The molecule has 0 amide bonds. The molecular weight excluding hydrogens is 201 g/mol. The molecule has 1 aliphatic heterocycles. The highest BCUT2D eigenvalue weighted by Crippen LogP contribution is 2.29. The molecule has 1 fully saturated rings. The number of nitrogens with zero attached hydrogens (tertiary/aromatic N) is 1. The molecule has 0 aliphatic carbocycles. The van der Waals surface area contributed by atoms with E-state index in [1.54, 1.807) is 6.07 Å². The zero-order valence-corrected chi connectivity index (χ0v) is 9.45. The fraction of sp³-hybridized carbons (Fsp3) is 0.429. The number of halogens is 1. The molecule has 16 heavy (non-hydrogen) atoms. The van der Waals surface area contributed by atoms with Crippen LogP contribution in [-0.4, -0.2) is 24.5 Å². The van der Waals surface area contributed by atoms with Gasteiger partial charge in [-0.2, -0.15) is 0 Å². The van der Waals surface area contributed by atoms with Crippen molar-refractivity contribution in [1.29, 1.82) is 0 Å². The topological polar surface area (TPSA) is 3.24 Å². The second kappa shape index (κ2) is 5.26. The van der Waals surface area contributed by atoms with E-state index < -0.39 is 0 Å². The first-order valence-electron chi connectivity index (χ1n) is 5.80. The Labute approximate surface area is 96.6 Å². The molecule has 2 heteroatoms. The lowest BCUT2D eigenvalue weighted by Crippen LogP contribution is -2.33. The van der Waals surface area contributed by atoms with Crippen LogP contribution in [0.15, 0.2) is 30.9 Å². The van der Waals surface area contributed by atoms with E-state index in [0.29, 0.717) is 5.92 Å². The molecule has 1 nitrogen and oxygen atoms in total. The third kappa shape index (κ3) is 2.50. The van der Waals surface area contributed by atoms with Crippen LogP contribution in [0.1, 0.15) is 24.3 Å². The summed E-state index contributed by atoms with van der Waals surface area (Å²) in [6, 6.07) is 8.03. The van der Waals surface area contributed by atoms with Gasteiger partial charge in [0.25, 0.3) is 0 Å². The van der Waals surface area contributed by atoms with Gasteiger partial charge in [0, 0.05) is 12.6 Å². The molecule has 1 aromatic carbocycles. The lowest BCUT2D eigenvalue weighted by molar-refractivity contribution is 0.231. The first-order valence-corrected chi connectivity index (χ1v) is 5.80. The van der Waals surface area contributed by atoms with Crippen LogP contribution in [-0.2, 0) is 0 Å². The molecule has 1 heterocycles. The van der Waals surface area contributed by atoms with Gasteiger partial charge in [-0.05, 0) is 37.4 Å². The van der Waals surface area contributed by atoms with Gasteiger partial charge in [0.1, 0.15) is 5.82 Å². The molecule has 0 spiro atoms. The monoisotopic (exact) mass is 218 g/mol. The molecule has 0 N–H and O–H groups in total. The number of hydrogen-bond acceptors (Lipinski definition) is 1. The molecule has 1 saturated heterocycles. The molecule has 0 atom stereocenters. The Balaban J connectivity index is 1.99. The van der Waals surface area contributed by atoms with Crippen molar-refractivity contribution in [3.05, 3.63) is 48.3 Å². The van der Waals surface area contributed by atoms with Crippen molar-refractivity contribution < 1.29 is 4.39 Å². The van der Waals surface area contributed by atoms with Crippen molar-refractivity contribution in [3.63, 3.8) is 0 Å². The van der Waals surface area contributed by atoms with E-state index in [-0.39, 0.29) is 5.82 Å². The molecule has 2 rings (SSSR count). The van der Waals surface area contributed by atoms with Crippen molar-refractivity contribution in [2.75, 3.05) is 19.6 Å². The van der Waals surface area contributed by atoms with E-state index in [1.165, 1.54) is 0 Å². The molecule has 0 saturated carbocycles. The molecular formula is C14H17FN. The third-order valence-corrected chi connectivity index (χ3v) is 3.25. The molecule has 0 unspecified atom stereocenters. The summed E-state index contributed by atoms with van der Waals surface area (Å²) < 4.78 is 13.5. The average Bonchev–Trinajstić information content (AvgIpc) is 2.31. The molecule has 85 valence electrons. The Morgan fingerprint density at radius 1 is 1.50 bits per heavy atom. The minimum atomic E-state index is -0.176. The highest BCUT2D eigenvalue weighted by molar-refractivity contribution is 5.21. The number of likely N-dealkylation sites (tertiary alicyclic amines) is 1. The summed E-state index contributed by atoms with van der Waals surface area (Å²) in [5, 5.41) is 0. The normalized spacial score (nSPS) is 18.6. The van der Waals surface area contributed by atoms with Crippen molar-refractivity contribution in [1.82, 2.24) is 4.90 Å². The molecule has 0 bridgehead atoms. The summed E-state index contributed by atoms with van der Waals surface area (Å²) in [6.07, 6.45) is 3.99. The van der Waals surface area contributed by atoms with Crippen molar-refractivity contribution in [3.8, 4) is 0 Å². The lowest BCUT2D eigenvalue weighted by Gasteiger charge is -2.31. The number of rotatable bonds is 3. The maximum atomic E-state index is 13.5. The Morgan fingerprint density at radius 2 is 2.25 bits per heavy atom. The number of hydrogen-bond donors (Lipinski definition) is 0. The first kappa shape index (κ1) is 11.3. The summed E-state index contributed by atoms with van der Waals surface area (Å²) in [4.78, 5) is 2.36.